The Morgan fingerprint density at radius 3 is 2.72 bits per heavy atom. The molecule has 0 radical (unpaired) electrons. The zero-order chi connectivity index (χ0) is 17.8. The van der Waals surface area contributed by atoms with Crippen molar-refractivity contribution in [2.45, 2.75) is 26.8 Å². The van der Waals surface area contributed by atoms with Gasteiger partial charge in [-0.15, -0.1) is 14.8 Å². The minimum absolute atomic E-state index is 0.0227. The van der Waals surface area contributed by atoms with E-state index in [4.69, 9.17) is 9.47 Å². The number of hydrogen-bond donors (Lipinski definition) is 1. The number of aromatic nitrogens is 5. The molecular weight excluding hydrogens is 320 g/mol. The van der Waals surface area contributed by atoms with E-state index in [-0.39, 0.29) is 6.04 Å². The van der Waals surface area contributed by atoms with Gasteiger partial charge in [0.2, 0.25) is 0 Å². The quantitative estimate of drug-likeness (QED) is 0.706. The number of hydrogen-bond acceptors (Lipinski definition) is 7. The molecule has 0 saturated heterocycles. The van der Waals surface area contributed by atoms with Crippen molar-refractivity contribution in [3.63, 3.8) is 0 Å². The van der Waals surface area contributed by atoms with Crippen LogP contribution in [0, 0.1) is 5.92 Å². The Morgan fingerprint density at radius 2 is 1.96 bits per heavy atom. The molecule has 1 N–H and O–H groups in total. The Kier molecular flexibility index (Phi) is 4.97. The summed E-state index contributed by atoms with van der Waals surface area (Å²) in [6.45, 7) is 6.93. The molecule has 1 atom stereocenters. The summed E-state index contributed by atoms with van der Waals surface area (Å²) in [5.74, 6) is 2.61. The number of benzene rings is 1. The monoisotopic (exact) mass is 342 g/mol. The molecule has 1 aromatic carbocycles. The molecule has 0 aliphatic heterocycles. The van der Waals surface area contributed by atoms with Crippen molar-refractivity contribution >= 4 is 11.5 Å². The van der Waals surface area contributed by atoms with Gasteiger partial charge in [0.15, 0.2) is 17.1 Å². The molecule has 25 heavy (non-hydrogen) atoms. The van der Waals surface area contributed by atoms with E-state index in [1.165, 1.54) is 4.63 Å². The largest absolute Gasteiger partial charge is 0.493 e. The summed E-state index contributed by atoms with van der Waals surface area (Å²) in [7, 11) is 1.65. The average molecular weight is 342 g/mol. The van der Waals surface area contributed by atoms with Crippen LogP contribution in [-0.4, -0.2) is 39.0 Å². The zero-order valence-electron chi connectivity index (χ0n) is 14.8. The van der Waals surface area contributed by atoms with Gasteiger partial charge >= 0.3 is 0 Å². The second kappa shape index (κ2) is 7.33. The van der Waals surface area contributed by atoms with Gasteiger partial charge in [-0.25, -0.2) is 0 Å². The number of nitrogens with one attached hydrogen (secondary N) is 1. The Balaban J connectivity index is 1.75. The van der Waals surface area contributed by atoms with Crippen molar-refractivity contribution in [3.05, 3.63) is 35.9 Å². The van der Waals surface area contributed by atoms with E-state index >= 15 is 0 Å². The smallest absolute Gasteiger partial charge is 0.200 e. The highest BCUT2D eigenvalue weighted by Gasteiger charge is 2.12. The van der Waals surface area contributed by atoms with E-state index in [1.807, 2.05) is 30.3 Å². The van der Waals surface area contributed by atoms with Gasteiger partial charge in [0.05, 0.1) is 19.8 Å². The van der Waals surface area contributed by atoms with Crippen LogP contribution in [0.2, 0.25) is 0 Å². The second-order valence-corrected chi connectivity index (χ2v) is 6.23. The van der Waals surface area contributed by atoms with E-state index in [2.05, 4.69) is 46.7 Å². The van der Waals surface area contributed by atoms with Crippen LogP contribution in [0.25, 0.3) is 5.65 Å². The molecule has 1 unspecified atom stereocenters. The molecule has 3 rings (SSSR count). The first kappa shape index (κ1) is 16.9. The van der Waals surface area contributed by atoms with Gasteiger partial charge in [-0.2, -0.15) is 0 Å². The van der Waals surface area contributed by atoms with Crippen LogP contribution in [0.15, 0.2) is 30.3 Å². The molecule has 0 bridgehead atoms. The van der Waals surface area contributed by atoms with Gasteiger partial charge in [-0.1, -0.05) is 19.9 Å². The highest BCUT2D eigenvalue weighted by molar-refractivity contribution is 5.47. The van der Waals surface area contributed by atoms with E-state index in [1.54, 1.807) is 7.11 Å². The van der Waals surface area contributed by atoms with Gasteiger partial charge in [-0.05, 0) is 53.1 Å². The lowest BCUT2D eigenvalue weighted by molar-refractivity contribution is 0.256. The van der Waals surface area contributed by atoms with Crippen LogP contribution in [0.5, 0.6) is 11.5 Å². The van der Waals surface area contributed by atoms with Gasteiger partial charge in [0.1, 0.15) is 5.82 Å². The normalized spacial score (nSPS) is 12.4. The van der Waals surface area contributed by atoms with Crippen molar-refractivity contribution in [1.29, 1.82) is 0 Å². The lowest BCUT2D eigenvalue weighted by atomic mass is 10.1. The van der Waals surface area contributed by atoms with E-state index in [9.17, 15) is 0 Å². The first-order chi connectivity index (χ1) is 12.1. The van der Waals surface area contributed by atoms with Gasteiger partial charge in [0, 0.05) is 0 Å². The van der Waals surface area contributed by atoms with E-state index in [0.717, 1.165) is 17.1 Å². The minimum Gasteiger partial charge on any atom is -0.493 e. The molecule has 0 fully saturated rings. The fourth-order valence-corrected chi connectivity index (χ4v) is 2.36. The van der Waals surface area contributed by atoms with Gasteiger partial charge in [0.25, 0.3) is 0 Å². The van der Waals surface area contributed by atoms with Crippen LogP contribution >= 0.6 is 0 Å². The molecule has 3 aromatic rings. The Morgan fingerprint density at radius 1 is 1.12 bits per heavy atom. The molecular formula is C17H22N6O2. The van der Waals surface area contributed by atoms with Gasteiger partial charge < -0.3 is 14.8 Å². The summed E-state index contributed by atoms with van der Waals surface area (Å²) in [6, 6.07) is 9.61. The van der Waals surface area contributed by atoms with Crippen molar-refractivity contribution < 1.29 is 9.47 Å². The molecule has 0 spiro atoms. The first-order valence-corrected chi connectivity index (χ1v) is 8.19. The Bertz CT molecular complexity index is 848. The van der Waals surface area contributed by atoms with Crippen molar-refractivity contribution in [2.24, 2.45) is 5.92 Å². The number of methoxy groups -OCH3 is 1. The molecule has 0 aliphatic carbocycles. The van der Waals surface area contributed by atoms with Crippen molar-refractivity contribution in [1.82, 2.24) is 25.3 Å². The van der Waals surface area contributed by atoms with Crippen LogP contribution in [0.1, 0.15) is 32.4 Å². The number of anilines is 1. The molecule has 132 valence electrons. The molecule has 2 aromatic heterocycles. The summed E-state index contributed by atoms with van der Waals surface area (Å²) in [4.78, 5) is 0. The van der Waals surface area contributed by atoms with Crippen LogP contribution in [0.3, 0.4) is 0 Å². The lowest BCUT2D eigenvalue weighted by Crippen LogP contribution is -2.10. The number of fused-ring (bicyclic) bond motifs is 1. The molecule has 0 amide bonds. The summed E-state index contributed by atoms with van der Waals surface area (Å²) in [5, 5.41) is 18.9. The second-order valence-electron chi connectivity index (χ2n) is 6.23. The van der Waals surface area contributed by atoms with Crippen LogP contribution in [0.4, 0.5) is 5.82 Å². The van der Waals surface area contributed by atoms with E-state index in [0.29, 0.717) is 24.0 Å². The highest BCUT2D eigenvalue weighted by Crippen LogP contribution is 2.31. The van der Waals surface area contributed by atoms with Crippen LogP contribution < -0.4 is 14.8 Å². The van der Waals surface area contributed by atoms with Crippen LogP contribution in [-0.2, 0) is 0 Å². The summed E-state index contributed by atoms with van der Waals surface area (Å²) >= 11 is 0. The maximum atomic E-state index is 5.80. The molecule has 0 aliphatic rings. The maximum Gasteiger partial charge on any atom is 0.200 e. The molecule has 2 heterocycles. The minimum atomic E-state index is 0.0227. The number of ether oxygens (including phenoxy) is 2. The predicted octanol–water partition coefficient (Wildman–Crippen LogP) is 2.74. The molecule has 0 saturated carbocycles. The number of tetrazole rings is 1. The lowest BCUT2D eigenvalue weighted by Gasteiger charge is -2.18. The first-order valence-electron chi connectivity index (χ1n) is 8.19. The zero-order valence-corrected chi connectivity index (χ0v) is 14.8. The van der Waals surface area contributed by atoms with Crippen molar-refractivity contribution in [3.8, 4) is 11.5 Å². The third kappa shape index (κ3) is 3.96. The molecule has 8 heteroatoms. The number of nitrogens with zero attached hydrogens (tertiary/aromatic N) is 5. The summed E-state index contributed by atoms with van der Waals surface area (Å²) in [6.07, 6.45) is 0. The fraction of sp³-hybridized carbons (Fsp3) is 0.412. The number of rotatable bonds is 7. The third-order valence-electron chi connectivity index (χ3n) is 3.69. The molecule has 8 nitrogen and oxygen atoms in total. The van der Waals surface area contributed by atoms with Crippen molar-refractivity contribution in [2.75, 3.05) is 19.0 Å². The maximum absolute atomic E-state index is 5.80. The van der Waals surface area contributed by atoms with E-state index < -0.39 is 0 Å². The standard InChI is InChI=1S/C17H22N6O2/c1-11(2)10-25-14-6-5-13(9-15(14)24-4)12(3)18-16-7-8-17-19-21-22-23(17)20-16/h5-9,11-12H,10H2,1-4H3,(H,18,20). The third-order valence-corrected chi connectivity index (χ3v) is 3.69. The Labute approximate surface area is 146 Å². The average Bonchev–Trinajstić information content (AvgIpc) is 3.07. The van der Waals surface area contributed by atoms with Gasteiger partial charge in [-0.3, -0.25) is 0 Å². The predicted molar refractivity (Wildman–Crippen MR) is 93.9 cm³/mol. The Hall–Kier alpha value is -2.90. The summed E-state index contributed by atoms with van der Waals surface area (Å²) in [5.41, 5.74) is 1.67. The highest BCUT2D eigenvalue weighted by atomic mass is 16.5. The SMILES string of the molecule is COc1cc(C(C)Nc2ccc3nnnn3n2)ccc1OCC(C)C. The fourth-order valence-electron chi connectivity index (χ4n) is 2.36. The summed E-state index contributed by atoms with van der Waals surface area (Å²) < 4.78 is 12.7. The topological polar surface area (TPSA) is 86.5 Å².